The number of ether oxygens (including phenoxy) is 1. The van der Waals surface area contributed by atoms with E-state index in [1.54, 1.807) is 36.4 Å². The van der Waals surface area contributed by atoms with Crippen LogP contribution in [0.2, 0.25) is 5.02 Å². The first-order chi connectivity index (χ1) is 17.1. The summed E-state index contributed by atoms with van der Waals surface area (Å²) in [4.78, 5) is 16.2. The second-order valence-electron chi connectivity index (χ2n) is 7.86. The van der Waals surface area contributed by atoms with Gasteiger partial charge in [0.25, 0.3) is 0 Å². The maximum atomic E-state index is 12.8. The number of carbonyl (C=O) groups is 1. The molecule has 0 spiro atoms. The van der Waals surface area contributed by atoms with E-state index in [9.17, 15) is 26.7 Å². The molecular weight excluding hydrogens is 505 g/mol. The Morgan fingerprint density at radius 1 is 1.06 bits per heavy atom. The van der Waals surface area contributed by atoms with Crippen molar-refractivity contribution in [1.29, 1.82) is 0 Å². The maximum Gasteiger partial charge on any atom is 0.433 e. The van der Waals surface area contributed by atoms with Crippen molar-refractivity contribution in [3.8, 4) is 5.75 Å². The van der Waals surface area contributed by atoms with Crippen molar-refractivity contribution in [2.24, 2.45) is 0 Å². The number of nitrogens with one attached hydrogen (secondary N) is 2. The van der Waals surface area contributed by atoms with Crippen molar-refractivity contribution in [1.82, 2.24) is 15.6 Å². The molecule has 0 aliphatic heterocycles. The Bertz CT molecular complexity index is 1140. The van der Waals surface area contributed by atoms with Gasteiger partial charge in [-0.2, -0.15) is 22.0 Å². The fraction of sp³-hybridized carbons (Fsp3) is 0.280. The third kappa shape index (κ3) is 7.63. The predicted molar refractivity (Wildman–Crippen MR) is 125 cm³/mol. The van der Waals surface area contributed by atoms with Crippen molar-refractivity contribution < 1.29 is 31.5 Å². The van der Waals surface area contributed by atoms with Gasteiger partial charge in [-0.25, -0.2) is 0 Å². The first-order valence-corrected chi connectivity index (χ1v) is 11.2. The molecule has 0 radical (unpaired) electrons. The lowest BCUT2D eigenvalue weighted by atomic mass is 9.96. The van der Waals surface area contributed by atoms with Crippen LogP contribution >= 0.6 is 11.6 Å². The quantitative estimate of drug-likeness (QED) is 0.312. The number of rotatable bonds is 10. The number of alkyl halides is 5. The van der Waals surface area contributed by atoms with Gasteiger partial charge >= 0.3 is 12.8 Å². The van der Waals surface area contributed by atoms with Crippen LogP contribution in [0.1, 0.15) is 40.9 Å². The van der Waals surface area contributed by atoms with Gasteiger partial charge in [-0.05, 0) is 59.9 Å². The number of pyridine rings is 1. The average molecular weight is 528 g/mol. The van der Waals surface area contributed by atoms with Crippen LogP contribution in [0.15, 0.2) is 66.9 Å². The lowest BCUT2D eigenvalue weighted by Gasteiger charge is -2.26. The largest absolute Gasteiger partial charge is 0.435 e. The van der Waals surface area contributed by atoms with Gasteiger partial charge in [0.15, 0.2) is 0 Å². The number of likely N-dealkylation sites (N-methyl/N-ethyl adjacent to an activating group) is 1. The van der Waals surface area contributed by atoms with Crippen LogP contribution in [0, 0.1) is 0 Å². The summed E-state index contributed by atoms with van der Waals surface area (Å²) in [6.07, 6.45) is -2.80. The molecule has 3 aromatic rings. The summed E-state index contributed by atoms with van der Waals surface area (Å²) in [5, 5.41) is 6.32. The van der Waals surface area contributed by atoms with Gasteiger partial charge in [-0.15, -0.1) is 0 Å². The van der Waals surface area contributed by atoms with E-state index < -0.39 is 30.6 Å². The molecule has 1 aromatic heterocycles. The molecule has 1 amide bonds. The lowest BCUT2D eigenvalue weighted by Crippen LogP contribution is -2.38. The van der Waals surface area contributed by atoms with Gasteiger partial charge in [0, 0.05) is 24.3 Å². The molecule has 3 rings (SSSR count). The molecule has 2 unspecified atom stereocenters. The lowest BCUT2D eigenvalue weighted by molar-refractivity contribution is -0.141. The van der Waals surface area contributed by atoms with E-state index in [1.807, 2.05) is 0 Å². The van der Waals surface area contributed by atoms with E-state index in [0.717, 1.165) is 12.3 Å². The van der Waals surface area contributed by atoms with Crippen molar-refractivity contribution in [2.75, 3.05) is 7.05 Å². The van der Waals surface area contributed by atoms with Crippen molar-refractivity contribution in [2.45, 2.75) is 37.7 Å². The van der Waals surface area contributed by atoms with Gasteiger partial charge in [0.05, 0.1) is 0 Å². The first kappa shape index (κ1) is 27.3. The van der Waals surface area contributed by atoms with Crippen LogP contribution in [-0.4, -0.2) is 24.6 Å². The van der Waals surface area contributed by atoms with Gasteiger partial charge in [-0.1, -0.05) is 41.9 Å². The summed E-state index contributed by atoms with van der Waals surface area (Å²) in [5.74, 6) is -0.410. The summed E-state index contributed by atoms with van der Waals surface area (Å²) in [7, 11) is 1.48. The normalized spacial score (nSPS) is 13.3. The number of halogens is 6. The van der Waals surface area contributed by atoms with Crippen molar-refractivity contribution in [3.05, 3.63) is 94.3 Å². The maximum absolute atomic E-state index is 12.8. The summed E-state index contributed by atoms with van der Waals surface area (Å²) in [6.45, 7) is -3.02. The Hall–Kier alpha value is -3.24. The molecule has 192 valence electrons. The Morgan fingerprint density at radius 3 is 2.36 bits per heavy atom. The highest BCUT2D eigenvalue weighted by molar-refractivity contribution is 6.30. The van der Waals surface area contributed by atoms with E-state index in [2.05, 4.69) is 20.4 Å². The van der Waals surface area contributed by atoms with Crippen molar-refractivity contribution >= 4 is 17.5 Å². The Kier molecular flexibility index (Phi) is 9.22. The topological polar surface area (TPSA) is 63.2 Å². The molecule has 0 bridgehead atoms. The van der Waals surface area contributed by atoms with Gasteiger partial charge < -0.3 is 10.1 Å². The van der Waals surface area contributed by atoms with Gasteiger partial charge in [-0.3, -0.25) is 15.1 Å². The number of hydrogen-bond donors (Lipinski definition) is 2. The molecule has 0 aliphatic rings. The van der Waals surface area contributed by atoms with Crippen LogP contribution in [0.3, 0.4) is 0 Å². The SMILES string of the molecule is CNC(=O)C(NC(CCc1ccc(C(F)(F)F)nc1)c1cccc(OC(F)F)c1)c1ccc(Cl)cc1. The van der Waals surface area contributed by atoms with Crippen LogP contribution in [0.5, 0.6) is 5.75 Å². The molecule has 0 aliphatic carbocycles. The molecule has 2 aromatic carbocycles. The zero-order valence-corrected chi connectivity index (χ0v) is 19.8. The number of aryl methyl sites for hydroxylation is 1. The Balaban J connectivity index is 1.90. The summed E-state index contributed by atoms with van der Waals surface area (Å²) in [6, 6.07) is 13.5. The van der Waals surface area contributed by atoms with Crippen LogP contribution in [0.4, 0.5) is 22.0 Å². The fourth-order valence-electron chi connectivity index (χ4n) is 3.63. The number of benzene rings is 2. The average Bonchev–Trinajstić information content (AvgIpc) is 2.84. The molecule has 2 atom stereocenters. The first-order valence-electron chi connectivity index (χ1n) is 10.9. The summed E-state index contributed by atoms with van der Waals surface area (Å²) < 4.78 is 68.6. The minimum absolute atomic E-state index is 0.0616. The second kappa shape index (κ2) is 12.1. The van der Waals surface area contributed by atoms with E-state index in [-0.39, 0.29) is 11.7 Å². The number of carbonyl (C=O) groups excluding carboxylic acids is 1. The van der Waals surface area contributed by atoms with E-state index in [4.69, 9.17) is 11.6 Å². The molecule has 11 heteroatoms. The van der Waals surface area contributed by atoms with Crippen molar-refractivity contribution in [3.63, 3.8) is 0 Å². The molecule has 0 saturated heterocycles. The molecule has 1 heterocycles. The minimum atomic E-state index is -4.55. The highest BCUT2D eigenvalue weighted by Gasteiger charge is 2.32. The predicted octanol–water partition coefficient (Wildman–Crippen LogP) is 6.11. The number of nitrogens with zero attached hydrogens (tertiary/aromatic N) is 1. The summed E-state index contributed by atoms with van der Waals surface area (Å²) in [5.41, 5.74) is 0.703. The van der Waals surface area contributed by atoms with E-state index >= 15 is 0 Å². The second-order valence-corrected chi connectivity index (χ2v) is 8.29. The molecule has 0 saturated carbocycles. The zero-order valence-electron chi connectivity index (χ0n) is 19.0. The third-order valence-corrected chi connectivity index (χ3v) is 5.65. The fourth-order valence-corrected chi connectivity index (χ4v) is 3.75. The number of hydrogen-bond acceptors (Lipinski definition) is 4. The monoisotopic (exact) mass is 527 g/mol. The smallest absolute Gasteiger partial charge is 0.433 e. The minimum Gasteiger partial charge on any atom is -0.435 e. The highest BCUT2D eigenvalue weighted by atomic mass is 35.5. The Labute approximate surface area is 209 Å². The van der Waals surface area contributed by atoms with Gasteiger partial charge in [0.1, 0.15) is 17.5 Å². The Morgan fingerprint density at radius 2 is 1.78 bits per heavy atom. The number of amides is 1. The standard InChI is InChI=1S/C25H23ClF5N3O2/c1-32-23(35)22(16-7-9-18(26)10-8-16)34-20(17-3-2-4-19(13-17)36-24(27)28)11-5-15-6-12-21(33-14-15)25(29,30)31/h2-4,6-10,12-14,20,22,24,34H,5,11H2,1H3,(H,32,35). The van der Waals surface area contributed by atoms with Gasteiger partial charge in [0.2, 0.25) is 5.91 Å². The molecule has 0 fully saturated rings. The van der Waals surface area contributed by atoms with Crippen LogP contribution < -0.4 is 15.4 Å². The molecule has 2 N–H and O–H groups in total. The van der Waals surface area contributed by atoms with Crippen LogP contribution in [0.25, 0.3) is 0 Å². The highest BCUT2D eigenvalue weighted by Crippen LogP contribution is 2.30. The molecule has 36 heavy (non-hydrogen) atoms. The van der Waals surface area contributed by atoms with E-state index in [1.165, 1.54) is 25.2 Å². The zero-order chi connectivity index (χ0) is 26.3. The third-order valence-electron chi connectivity index (χ3n) is 5.40. The van der Waals surface area contributed by atoms with E-state index in [0.29, 0.717) is 34.6 Å². The molecule has 5 nitrogen and oxygen atoms in total. The molecular formula is C25H23ClF5N3O2. The number of aromatic nitrogens is 1. The van der Waals surface area contributed by atoms with Crippen LogP contribution in [-0.2, 0) is 17.4 Å². The summed E-state index contributed by atoms with van der Waals surface area (Å²) >= 11 is 5.97.